The maximum absolute atomic E-state index is 4.31. The summed E-state index contributed by atoms with van der Waals surface area (Å²) in [5.41, 5.74) is 2.51. The SMILES string of the molecule is Cc1cncc(N2CCCNC(CC(C)C)C2)c1. The quantitative estimate of drug-likeness (QED) is 0.890. The van der Waals surface area contributed by atoms with Crippen molar-refractivity contribution in [1.82, 2.24) is 10.3 Å². The maximum Gasteiger partial charge on any atom is 0.0555 e. The highest BCUT2D eigenvalue weighted by atomic mass is 15.2. The maximum atomic E-state index is 4.31. The highest BCUT2D eigenvalue weighted by Gasteiger charge is 2.18. The van der Waals surface area contributed by atoms with Crippen LogP contribution in [-0.4, -0.2) is 30.7 Å². The summed E-state index contributed by atoms with van der Waals surface area (Å²) in [6.45, 7) is 10.1. The summed E-state index contributed by atoms with van der Waals surface area (Å²) in [7, 11) is 0. The number of aromatic nitrogens is 1. The van der Waals surface area contributed by atoms with Crippen LogP contribution >= 0.6 is 0 Å². The van der Waals surface area contributed by atoms with Crippen molar-refractivity contribution in [2.24, 2.45) is 5.92 Å². The number of nitrogens with one attached hydrogen (secondary N) is 1. The Morgan fingerprint density at radius 1 is 1.44 bits per heavy atom. The molecule has 0 saturated carbocycles. The molecule has 0 aromatic carbocycles. The predicted octanol–water partition coefficient (Wildman–Crippen LogP) is 2.60. The molecule has 0 spiro atoms. The Kier molecular flexibility index (Phi) is 4.59. The Balaban J connectivity index is 2.07. The topological polar surface area (TPSA) is 28.2 Å². The van der Waals surface area contributed by atoms with Crippen molar-refractivity contribution in [1.29, 1.82) is 0 Å². The monoisotopic (exact) mass is 247 g/mol. The van der Waals surface area contributed by atoms with Gasteiger partial charge in [0, 0.05) is 25.3 Å². The number of nitrogens with zero attached hydrogens (tertiary/aromatic N) is 2. The molecular formula is C15H25N3. The van der Waals surface area contributed by atoms with E-state index in [1.54, 1.807) is 0 Å². The molecule has 3 nitrogen and oxygen atoms in total. The highest BCUT2D eigenvalue weighted by molar-refractivity contribution is 5.46. The Hall–Kier alpha value is -1.09. The van der Waals surface area contributed by atoms with Crippen molar-refractivity contribution in [2.75, 3.05) is 24.5 Å². The van der Waals surface area contributed by atoms with E-state index in [1.165, 1.54) is 24.1 Å². The zero-order chi connectivity index (χ0) is 13.0. The molecule has 1 N–H and O–H groups in total. The van der Waals surface area contributed by atoms with Crippen molar-refractivity contribution in [3.8, 4) is 0 Å². The lowest BCUT2D eigenvalue weighted by atomic mass is 10.0. The van der Waals surface area contributed by atoms with Crippen LogP contribution < -0.4 is 10.2 Å². The number of anilines is 1. The van der Waals surface area contributed by atoms with Gasteiger partial charge in [-0.3, -0.25) is 4.98 Å². The fourth-order valence-electron chi connectivity index (χ4n) is 2.67. The van der Waals surface area contributed by atoms with Crippen molar-refractivity contribution < 1.29 is 0 Å². The summed E-state index contributed by atoms with van der Waals surface area (Å²) >= 11 is 0. The third-order valence-corrected chi connectivity index (χ3v) is 3.46. The average Bonchev–Trinajstić information content (AvgIpc) is 2.54. The summed E-state index contributed by atoms with van der Waals surface area (Å²) in [5.74, 6) is 0.748. The Morgan fingerprint density at radius 3 is 3.00 bits per heavy atom. The fourth-order valence-corrected chi connectivity index (χ4v) is 2.67. The molecule has 1 aromatic heterocycles. The zero-order valence-corrected chi connectivity index (χ0v) is 11.8. The first kappa shape index (κ1) is 13.3. The van der Waals surface area contributed by atoms with E-state index in [-0.39, 0.29) is 0 Å². The number of pyridine rings is 1. The summed E-state index contributed by atoms with van der Waals surface area (Å²) < 4.78 is 0. The Morgan fingerprint density at radius 2 is 2.28 bits per heavy atom. The summed E-state index contributed by atoms with van der Waals surface area (Å²) in [4.78, 5) is 6.79. The molecule has 100 valence electrons. The predicted molar refractivity (Wildman–Crippen MR) is 77.0 cm³/mol. The molecule has 3 heteroatoms. The minimum Gasteiger partial charge on any atom is -0.369 e. The fraction of sp³-hybridized carbons (Fsp3) is 0.667. The summed E-state index contributed by atoms with van der Waals surface area (Å²) in [6.07, 6.45) is 6.37. The minimum absolute atomic E-state index is 0.605. The molecule has 0 radical (unpaired) electrons. The van der Waals surface area contributed by atoms with Gasteiger partial charge in [-0.15, -0.1) is 0 Å². The third-order valence-electron chi connectivity index (χ3n) is 3.46. The number of hydrogen-bond acceptors (Lipinski definition) is 3. The number of hydrogen-bond donors (Lipinski definition) is 1. The van der Waals surface area contributed by atoms with Gasteiger partial charge in [0.25, 0.3) is 0 Å². The van der Waals surface area contributed by atoms with E-state index < -0.39 is 0 Å². The van der Waals surface area contributed by atoms with Gasteiger partial charge in [0.15, 0.2) is 0 Å². The van der Waals surface area contributed by atoms with E-state index in [9.17, 15) is 0 Å². The minimum atomic E-state index is 0.605. The molecule has 1 aromatic rings. The Labute approximate surface area is 111 Å². The van der Waals surface area contributed by atoms with Gasteiger partial charge in [0.2, 0.25) is 0 Å². The van der Waals surface area contributed by atoms with E-state index in [0.717, 1.165) is 25.6 Å². The molecule has 1 atom stereocenters. The first-order valence-electron chi connectivity index (χ1n) is 7.05. The van der Waals surface area contributed by atoms with Crippen LogP contribution in [-0.2, 0) is 0 Å². The molecule has 1 unspecified atom stereocenters. The van der Waals surface area contributed by atoms with Crippen LogP contribution in [0.2, 0.25) is 0 Å². The second kappa shape index (κ2) is 6.19. The molecule has 1 saturated heterocycles. The Bertz CT molecular complexity index is 376. The van der Waals surface area contributed by atoms with Crippen LogP contribution in [0.4, 0.5) is 5.69 Å². The lowest BCUT2D eigenvalue weighted by Gasteiger charge is -2.27. The van der Waals surface area contributed by atoms with Gasteiger partial charge in [-0.2, -0.15) is 0 Å². The van der Waals surface area contributed by atoms with Crippen molar-refractivity contribution in [3.63, 3.8) is 0 Å². The van der Waals surface area contributed by atoms with Crippen molar-refractivity contribution in [3.05, 3.63) is 24.0 Å². The first-order chi connectivity index (χ1) is 8.65. The normalized spacial score (nSPS) is 21.1. The lowest BCUT2D eigenvalue weighted by molar-refractivity contribution is 0.436. The van der Waals surface area contributed by atoms with Gasteiger partial charge in [-0.1, -0.05) is 13.8 Å². The summed E-state index contributed by atoms with van der Waals surface area (Å²) in [5, 5.41) is 3.67. The van der Waals surface area contributed by atoms with Gasteiger partial charge < -0.3 is 10.2 Å². The van der Waals surface area contributed by atoms with E-state index in [4.69, 9.17) is 0 Å². The first-order valence-corrected chi connectivity index (χ1v) is 7.05. The molecule has 0 bridgehead atoms. The largest absolute Gasteiger partial charge is 0.369 e. The van der Waals surface area contributed by atoms with Gasteiger partial charge in [0.05, 0.1) is 11.9 Å². The zero-order valence-electron chi connectivity index (χ0n) is 11.8. The van der Waals surface area contributed by atoms with Crippen LogP contribution in [0, 0.1) is 12.8 Å². The molecule has 18 heavy (non-hydrogen) atoms. The third kappa shape index (κ3) is 3.70. The highest BCUT2D eigenvalue weighted by Crippen LogP contribution is 2.18. The van der Waals surface area contributed by atoms with Crippen molar-refractivity contribution in [2.45, 2.75) is 39.7 Å². The van der Waals surface area contributed by atoms with E-state index >= 15 is 0 Å². The number of aryl methyl sites for hydroxylation is 1. The van der Waals surface area contributed by atoms with Gasteiger partial charge in [-0.25, -0.2) is 0 Å². The van der Waals surface area contributed by atoms with E-state index in [0.29, 0.717) is 6.04 Å². The van der Waals surface area contributed by atoms with Crippen LogP contribution in [0.15, 0.2) is 18.5 Å². The lowest BCUT2D eigenvalue weighted by Crippen LogP contribution is -2.38. The van der Waals surface area contributed by atoms with Crippen LogP contribution in [0.3, 0.4) is 0 Å². The van der Waals surface area contributed by atoms with E-state index in [1.807, 2.05) is 12.4 Å². The second-order valence-corrected chi connectivity index (χ2v) is 5.80. The van der Waals surface area contributed by atoms with Crippen LogP contribution in [0.25, 0.3) is 0 Å². The van der Waals surface area contributed by atoms with Crippen molar-refractivity contribution >= 4 is 5.69 Å². The molecule has 1 fully saturated rings. The number of rotatable bonds is 3. The molecule has 1 aliphatic rings. The van der Waals surface area contributed by atoms with Gasteiger partial charge >= 0.3 is 0 Å². The molecular weight excluding hydrogens is 222 g/mol. The molecule has 2 heterocycles. The average molecular weight is 247 g/mol. The van der Waals surface area contributed by atoms with Gasteiger partial charge in [0.1, 0.15) is 0 Å². The smallest absolute Gasteiger partial charge is 0.0555 e. The van der Waals surface area contributed by atoms with Crippen LogP contribution in [0.5, 0.6) is 0 Å². The van der Waals surface area contributed by atoms with Crippen LogP contribution in [0.1, 0.15) is 32.3 Å². The standard InChI is InChI=1S/C15H25N3/c1-12(2)7-14-11-18(6-4-5-17-14)15-8-13(3)9-16-10-15/h8-10,12,14,17H,4-7,11H2,1-3H3. The molecule has 0 amide bonds. The van der Waals surface area contributed by atoms with E-state index in [2.05, 4.69) is 42.0 Å². The summed E-state index contributed by atoms with van der Waals surface area (Å²) in [6, 6.07) is 2.85. The second-order valence-electron chi connectivity index (χ2n) is 5.80. The van der Waals surface area contributed by atoms with Gasteiger partial charge in [-0.05, 0) is 43.9 Å². The molecule has 0 aliphatic carbocycles. The molecule has 1 aliphatic heterocycles. The molecule has 2 rings (SSSR count).